The molecule has 2 unspecified atom stereocenters. The molecule has 2 nitrogen and oxygen atoms in total. The maximum atomic E-state index is 8.52. The number of rotatable bonds is 1. The highest BCUT2D eigenvalue weighted by atomic mass is 32.1. The average molecular weight is 134 g/mol. The second kappa shape index (κ2) is 2.71. The highest BCUT2D eigenvalue weighted by Gasteiger charge is 2.21. The largest absolute Gasteiger partial charge is 0.394 e. The molecule has 0 radical (unpaired) electrons. The van der Waals surface area contributed by atoms with Crippen LogP contribution in [0.4, 0.5) is 0 Å². The van der Waals surface area contributed by atoms with Gasteiger partial charge in [0.25, 0.3) is 0 Å². The lowest BCUT2D eigenvalue weighted by atomic mass is 10.2. The van der Waals surface area contributed by atoms with Crippen molar-refractivity contribution in [3.05, 3.63) is 0 Å². The van der Waals surface area contributed by atoms with Crippen LogP contribution < -0.4 is 0 Å². The average Bonchev–Trinajstić information content (AvgIpc) is 2.14. The molecule has 0 amide bonds. The fourth-order valence-corrected chi connectivity index (χ4v) is 1.14. The van der Waals surface area contributed by atoms with Crippen LogP contribution in [0.1, 0.15) is 6.42 Å². The number of thiol groups is 1. The van der Waals surface area contributed by atoms with Gasteiger partial charge in [0.2, 0.25) is 0 Å². The summed E-state index contributed by atoms with van der Waals surface area (Å²) < 4.78 is 5.09. The summed E-state index contributed by atoms with van der Waals surface area (Å²) in [4.78, 5) is 0. The van der Waals surface area contributed by atoms with E-state index in [-0.39, 0.29) is 12.7 Å². The third-order valence-electron chi connectivity index (χ3n) is 1.26. The van der Waals surface area contributed by atoms with Crippen molar-refractivity contribution in [2.24, 2.45) is 0 Å². The van der Waals surface area contributed by atoms with E-state index in [1.54, 1.807) is 0 Å². The van der Waals surface area contributed by atoms with Crippen molar-refractivity contribution in [2.45, 2.75) is 17.8 Å². The Hall–Kier alpha value is 0.270. The molecular weight excluding hydrogens is 124 g/mol. The first-order chi connectivity index (χ1) is 3.83. The minimum atomic E-state index is 0.0532. The fraction of sp³-hybridized carbons (Fsp3) is 1.00. The summed E-state index contributed by atoms with van der Waals surface area (Å²) in [5.74, 6) is 0. The quantitative estimate of drug-likeness (QED) is 0.497. The van der Waals surface area contributed by atoms with E-state index in [2.05, 4.69) is 12.6 Å². The lowest BCUT2D eigenvalue weighted by Gasteiger charge is -2.00. The van der Waals surface area contributed by atoms with Gasteiger partial charge in [0.15, 0.2) is 0 Å². The second-order valence-corrected chi connectivity index (χ2v) is 2.76. The van der Waals surface area contributed by atoms with Crippen molar-refractivity contribution in [3.63, 3.8) is 0 Å². The summed E-state index contributed by atoms with van der Waals surface area (Å²) in [6.07, 6.45) is 0.942. The standard InChI is InChI=1S/C5H10O2S/c6-2-4-1-5(8)3-7-4/h4-6,8H,1-3H2. The Morgan fingerprint density at radius 1 is 1.75 bits per heavy atom. The summed E-state index contributed by atoms with van der Waals surface area (Å²) in [5, 5.41) is 8.86. The van der Waals surface area contributed by atoms with Crippen LogP contribution in [0.25, 0.3) is 0 Å². The van der Waals surface area contributed by atoms with Crippen LogP contribution in [0, 0.1) is 0 Å². The van der Waals surface area contributed by atoms with Crippen molar-refractivity contribution in [3.8, 4) is 0 Å². The minimum Gasteiger partial charge on any atom is -0.394 e. The van der Waals surface area contributed by atoms with Crippen LogP contribution in [-0.2, 0) is 4.74 Å². The van der Waals surface area contributed by atoms with E-state index < -0.39 is 0 Å². The first-order valence-electron chi connectivity index (χ1n) is 2.73. The summed E-state index contributed by atoms with van der Waals surface area (Å²) in [6.45, 7) is 0.825. The molecule has 1 saturated heterocycles. The summed E-state index contributed by atoms with van der Waals surface area (Å²) in [6, 6.07) is 0. The van der Waals surface area contributed by atoms with Crippen LogP contribution in [0.15, 0.2) is 0 Å². The molecule has 0 aromatic carbocycles. The monoisotopic (exact) mass is 134 g/mol. The molecule has 1 aliphatic heterocycles. The van der Waals surface area contributed by atoms with Crippen LogP contribution in [0.2, 0.25) is 0 Å². The van der Waals surface area contributed by atoms with E-state index >= 15 is 0 Å². The Labute approximate surface area is 54.3 Å². The predicted molar refractivity (Wildman–Crippen MR) is 34.2 cm³/mol. The zero-order valence-corrected chi connectivity index (χ0v) is 5.47. The van der Waals surface area contributed by atoms with Gasteiger partial charge in [-0.2, -0.15) is 12.6 Å². The van der Waals surface area contributed by atoms with Crippen LogP contribution >= 0.6 is 12.6 Å². The molecule has 1 fully saturated rings. The van der Waals surface area contributed by atoms with Crippen molar-refractivity contribution < 1.29 is 9.84 Å². The molecule has 1 aliphatic rings. The van der Waals surface area contributed by atoms with Gasteiger partial charge in [-0.1, -0.05) is 0 Å². The van der Waals surface area contributed by atoms with Gasteiger partial charge in [0, 0.05) is 5.25 Å². The van der Waals surface area contributed by atoms with Crippen LogP contribution in [-0.4, -0.2) is 29.7 Å². The van der Waals surface area contributed by atoms with Crippen molar-refractivity contribution in [1.29, 1.82) is 0 Å². The molecule has 1 rings (SSSR count). The van der Waals surface area contributed by atoms with Crippen molar-refractivity contribution >= 4 is 12.6 Å². The first kappa shape index (κ1) is 6.39. The van der Waals surface area contributed by atoms with Gasteiger partial charge in [-0.05, 0) is 6.42 Å². The van der Waals surface area contributed by atoms with Gasteiger partial charge in [-0.15, -0.1) is 0 Å². The van der Waals surface area contributed by atoms with Gasteiger partial charge in [-0.25, -0.2) is 0 Å². The van der Waals surface area contributed by atoms with E-state index in [0.29, 0.717) is 11.9 Å². The molecule has 0 aromatic heterocycles. The SMILES string of the molecule is OCC1CC(S)CO1. The summed E-state index contributed by atoms with van der Waals surface area (Å²) in [5.41, 5.74) is 0. The number of ether oxygens (including phenoxy) is 1. The Morgan fingerprint density at radius 2 is 2.50 bits per heavy atom. The predicted octanol–water partition coefficient (Wildman–Crippen LogP) is 0.0660. The number of hydrogen-bond donors (Lipinski definition) is 2. The molecule has 0 spiro atoms. The molecule has 0 bridgehead atoms. The van der Waals surface area contributed by atoms with Gasteiger partial charge in [0.1, 0.15) is 0 Å². The summed E-state index contributed by atoms with van der Waals surface area (Å²) in [7, 11) is 0. The maximum Gasteiger partial charge on any atom is 0.0817 e. The first-order valence-corrected chi connectivity index (χ1v) is 3.25. The van der Waals surface area contributed by atoms with E-state index in [0.717, 1.165) is 6.42 Å². The number of hydrogen-bond acceptors (Lipinski definition) is 3. The fourth-order valence-electron chi connectivity index (χ4n) is 0.814. The second-order valence-electron chi connectivity index (χ2n) is 2.03. The van der Waals surface area contributed by atoms with E-state index in [4.69, 9.17) is 9.84 Å². The van der Waals surface area contributed by atoms with Gasteiger partial charge in [0.05, 0.1) is 19.3 Å². The zero-order chi connectivity index (χ0) is 5.98. The highest BCUT2D eigenvalue weighted by molar-refractivity contribution is 7.81. The zero-order valence-electron chi connectivity index (χ0n) is 4.58. The van der Waals surface area contributed by atoms with Gasteiger partial charge in [-0.3, -0.25) is 0 Å². The molecule has 1 heterocycles. The Kier molecular flexibility index (Phi) is 2.16. The molecule has 3 heteroatoms. The molecule has 0 saturated carbocycles. The third kappa shape index (κ3) is 1.37. The van der Waals surface area contributed by atoms with Crippen LogP contribution in [0.3, 0.4) is 0 Å². The molecule has 2 atom stereocenters. The van der Waals surface area contributed by atoms with Crippen LogP contribution in [0.5, 0.6) is 0 Å². The molecule has 0 aliphatic carbocycles. The minimum absolute atomic E-state index is 0.0532. The van der Waals surface area contributed by atoms with Gasteiger partial charge >= 0.3 is 0 Å². The molecule has 0 aromatic rings. The maximum absolute atomic E-state index is 8.52. The van der Waals surface area contributed by atoms with E-state index in [9.17, 15) is 0 Å². The molecule has 48 valence electrons. The van der Waals surface area contributed by atoms with E-state index in [1.807, 2.05) is 0 Å². The summed E-state index contributed by atoms with van der Waals surface area (Å²) >= 11 is 4.17. The lowest BCUT2D eigenvalue weighted by Crippen LogP contribution is -2.09. The molecule has 1 N–H and O–H groups in total. The number of aliphatic hydroxyl groups is 1. The molecular formula is C5H10O2S. The topological polar surface area (TPSA) is 29.5 Å². The van der Waals surface area contributed by atoms with Gasteiger partial charge < -0.3 is 9.84 Å². The Bertz CT molecular complexity index is 76.8. The Balaban J connectivity index is 2.22. The van der Waals surface area contributed by atoms with E-state index in [1.165, 1.54) is 0 Å². The van der Waals surface area contributed by atoms with Crippen molar-refractivity contribution in [2.75, 3.05) is 13.2 Å². The smallest absolute Gasteiger partial charge is 0.0817 e. The normalized spacial score (nSPS) is 38.2. The lowest BCUT2D eigenvalue weighted by molar-refractivity contribution is 0.0593. The highest BCUT2D eigenvalue weighted by Crippen LogP contribution is 2.16. The van der Waals surface area contributed by atoms with Crippen molar-refractivity contribution in [1.82, 2.24) is 0 Å². The number of aliphatic hydroxyl groups excluding tert-OH is 1. The molecule has 8 heavy (non-hydrogen) atoms. The Morgan fingerprint density at radius 3 is 2.75 bits per heavy atom. The third-order valence-corrected chi connectivity index (χ3v) is 1.62.